The number of aromatic hydroxyl groups is 1. The maximum Gasteiger partial charge on any atom is 0.318 e. The fraction of sp³-hybridized carbons (Fsp3) is 0.595. The number of nitrogens with zero attached hydrogens (tertiary/aromatic N) is 5. The number of carbonyl (C=O) groups excluding carboxylic acids is 1. The van der Waals surface area contributed by atoms with E-state index < -0.39 is 6.17 Å². The van der Waals surface area contributed by atoms with E-state index in [1.165, 1.54) is 6.07 Å². The number of ether oxygens (including phenoxy) is 2. The van der Waals surface area contributed by atoms with E-state index in [1.807, 2.05) is 13.8 Å². The van der Waals surface area contributed by atoms with E-state index in [1.54, 1.807) is 18.2 Å². The van der Waals surface area contributed by atoms with Gasteiger partial charge in [-0.3, -0.25) is 9.69 Å². The molecule has 0 aliphatic carbocycles. The SMILES string of the molecule is CCOC(=O)C1CCCCCN(c2nc(OC[C@@]34CCCN3C[C@H](F)C4)nc3c2CCN(c2cc(O)cc4ccc(F)c(CC)c24)C3)C1. The molecule has 48 heavy (non-hydrogen) atoms. The summed E-state index contributed by atoms with van der Waals surface area (Å²) in [6, 6.07) is 6.84. The van der Waals surface area contributed by atoms with Crippen molar-refractivity contribution in [2.24, 2.45) is 5.92 Å². The molecule has 3 saturated heterocycles. The number of benzene rings is 2. The molecule has 0 spiro atoms. The van der Waals surface area contributed by atoms with Crippen LogP contribution in [0.4, 0.5) is 20.3 Å². The summed E-state index contributed by atoms with van der Waals surface area (Å²) in [5.41, 5.74) is 2.86. The lowest BCUT2D eigenvalue weighted by molar-refractivity contribution is -0.148. The van der Waals surface area contributed by atoms with Crippen LogP contribution in [0.1, 0.15) is 75.6 Å². The molecule has 4 aliphatic heterocycles. The highest BCUT2D eigenvalue weighted by Crippen LogP contribution is 2.42. The first kappa shape index (κ1) is 32.8. The van der Waals surface area contributed by atoms with Crippen LogP contribution in [0.3, 0.4) is 0 Å². The number of carbonyl (C=O) groups is 1. The third-order valence-electron chi connectivity index (χ3n) is 10.9. The maximum absolute atomic E-state index is 15.1. The minimum atomic E-state index is -0.863. The Kier molecular flexibility index (Phi) is 9.32. The van der Waals surface area contributed by atoms with Gasteiger partial charge in [0.15, 0.2) is 0 Å². The molecule has 1 unspecified atom stereocenters. The fourth-order valence-electron chi connectivity index (χ4n) is 8.60. The number of aryl methyl sites for hydroxylation is 1. The highest BCUT2D eigenvalue weighted by molar-refractivity contribution is 5.98. The molecule has 3 atom stereocenters. The van der Waals surface area contributed by atoms with Crippen LogP contribution in [0.15, 0.2) is 24.3 Å². The number of aromatic nitrogens is 2. The van der Waals surface area contributed by atoms with Gasteiger partial charge in [-0.25, -0.2) is 8.78 Å². The first-order valence-corrected chi connectivity index (χ1v) is 17.8. The molecule has 3 fully saturated rings. The molecule has 0 saturated carbocycles. The summed E-state index contributed by atoms with van der Waals surface area (Å²) in [6.07, 6.45) is 6.37. The Morgan fingerprint density at radius 2 is 1.94 bits per heavy atom. The Balaban J connectivity index is 1.26. The number of anilines is 2. The number of rotatable bonds is 8. The van der Waals surface area contributed by atoms with Crippen molar-refractivity contribution in [2.75, 3.05) is 55.7 Å². The van der Waals surface area contributed by atoms with Gasteiger partial charge in [-0.15, -0.1) is 0 Å². The van der Waals surface area contributed by atoms with E-state index in [0.29, 0.717) is 64.2 Å². The molecule has 0 amide bonds. The van der Waals surface area contributed by atoms with Gasteiger partial charge in [0.2, 0.25) is 0 Å². The Morgan fingerprint density at radius 3 is 2.77 bits per heavy atom. The lowest BCUT2D eigenvalue weighted by Gasteiger charge is -2.36. The smallest absolute Gasteiger partial charge is 0.318 e. The zero-order chi connectivity index (χ0) is 33.4. The maximum atomic E-state index is 15.1. The Morgan fingerprint density at radius 1 is 1.06 bits per heavy atom. The summed E-state index contributed by atoms with van der Waals surface area (Å²) in [7, 11) is 0. The molecule has 0 radical (unpaired) electrons. The average molecular weight is 664 g/mol. The van der Waals surface area contributed by atoms with Crippen molar-refractivity contribution in [1.29, 1.82) is 0 Å². The average Bonchev–Trinajstić information content (AvgIpc) is 3.58. The van der Waals surface area contributed by atoms with Crippen molar-refractivity contribution in [3.63, 3.8) is 0 Å². The van der Waals surface area contributed by atoms with Crippen LogP contribution in [-0.4, -0.2) is 83.6 Å². The van der Waals surface area contributed by atoms with E-state index in [2.05, 4.69) is 14.7 Å². The Hall–Kier alpha value is -3.73. The number of fused-ring (bicyclic) bond motifs is 3. The lowest BCUT2D eigenvalue weighted by Crippen LogP contribution is -2.44. The van der Waals surface area contributed by atoms with Gasteiger partial charge in [0.25, 0.3) is 0 Å². The molecular formula is C37H47F2N5O4. The van der Waals surface area contributed by atoms with E-state index in [4.69, 9.17) is 19.4 Å². The van der Waals surface area contributed by atoms with Gasteiger partial charge in [0.1, 0.15) is 30.2 Å². The number of alkyl halides is 1. The van der Waals surface area contributed by atoms with E-state index in [9.17, 15) is 14.3 Å². The number of esters is 1. The molecule has 0 bridgehead atoms. The summed E-state index contributed by atoms with van der Waals surface area (Å²) in [6.45, 7) is 8.04. The molecule has 1 aromatic heterocycles. The van der Waals surface area contributed by atoms with Crippen LogP contribution in [0.2, 0.25) is 0 Å². The number of phenols is 1. The second kappa shape index (κ2) is 13.6. The molecule has 5 heterocycles. The standard InChI is InChI=1S/C37H47F2N5O4/c1-3-28-30(39)11-10-24-17-27(45)18-32(33(24)28)42-16-12-29-31(22-42)40-36(48-23-37-13-8-15-44(37)21-26(38)19-37)41-34(29)43-14-7-5-6-9-25(20-43)35(46)47-4-2/h10-11,17-18,25-26,45H,3-9,12-16,19-23H2,1-2H3/t25?,26-,37+/m1/s1. The van der Waals surface area contributed by atoms with Gasteiger partial charge < -0.3 is 24.4 Å². The topological polar surface area (TPSA) is 91.3 Å². The molecule has 7 rings (SSSR count). The van der Waals surface area contributed by atoms with Gasteiger partial charge >= 0.3 is 12.0 Å². The van der Waals surface area contributed by atoms with Gasteiger partial charge in [-0.05, 0) is 75.1 Å². The van der Waals surface area contributed by atoms with E-state index in [-0.39, 0.29) is 35.0 Å². The highest BCUT2D eigenvalue weighted by atomic mass is 19.1. The molecular weight excluding hydrogens is 616 g/mol. The van der Waals surface area contributed by atoms with Crippen molar-refractivity contribution in [3.8, 4) is 11.8 Å². The summed E-state index contributed by atoms with van der Waals surface area (Å²) >= 11 is 0. The van der Waals surface area contributed by atoms with Crippen LogP contribution in [-0.2, 0) is 28.9 Å². The number of hydrogen-bond acceptors (Lipinski definition) is 9. The minimum absolute atomic E-state index is 0.123. The van der Waals surface area contributed by atoms with Crippen molar-refractivity contribution in [2.45, 2.75) is 89.9 Å². The van der Waals surface area contributed by atoms with Crippen LogP contribution in [0.25, 0.3) is 10.8 Å². The molecule has 1 N–H and O–H groups in total. The molecule has 3 aromatic rings. The summed E-state index contributed by atoms with van der Waals surface area (Å²) in [5.74, 6) is 0.214. The van der Waals surface area contributed by atoms with Crippen LogP contribution < -0.4 is 14.5 Å². The zero-order valence-electron chi connectivity index (χ0n) is 28.1. The van der Waals surface area contributed by atoms with Crippen LogP contribution >= 0.6 is 0 Å². The first-order valence-electron chi connectivity index (χ1n) is 17.8. The molecule has 4 aliphatic rings. The summed E-state index contributed by atoms with van der Waals surface area (Å²) in [4.78, 5) is 29.6. The summed E-state index contributed by atoms with van der Waals surface area (Å²) < 4.78 is 41.5. The molecule has 9 nitrogen and oxygen atoms in total. The Labute approximate surface area is 281 Å². The fourth-order valence-corrected chi connectivity index (χ4v) is 8.60. The second-order valence-electron chi connectivity index (χ2n) is 14.0. The van der Waals surface area contributed by atoms with Crippen molar-refractivity contribution in [3.05, 3.63) is 46.9 Å². The van der Waals surface area contributed by atoms with Gasteiger partial charge in [0.05, 0.1) is 30.3 Å². The quantitative estimate of drug-likeness (QED) is 0.287. The van der Waals surface area contributed by atoms with E-state index >= 15 is 4.39 Å². The van der Waals surface area contributed by atoms with Crippen molar-refractivity contribution in [1.82, 2.24) is 14.9 Å². The van der Waals surface area contributed by atoms with Crippen LogP contribution in [0, 0.1) is 11.7 Å². The predicted octanol–water partition coefficient (Wildman–Crippen LogP) is 6.11. The molecule has 11 heteroatoms. The minimum Gasteiger partial charge on any atom is -0.508 e. The monoisotopic (exact) mass is 663 g/mol. The van der Waals surface area contributed by atoms with Gasteiger partial charge in [0, 0.05) is 55.3 Å². The Bertz CT molecular complexity index is 1670. The number of hydrogen-bond donors (Lipinski definition) is 1. The third kappa shape index (κ3) is 6.26. The summed E-state index contributed by atoms with van der Waals surface area (Å²) in [5, 5.41) is 12.3. The first-order chi connectivity index (χ1) is 23.3. The largest absolute Gasteiger partial charge is 0.508 e. The number of halogens is 2. The highest BCUT2D eigenvalue weighted by Gasteiger charge is 2.49. The van der Waals surface area contributed by atoms with Crippen molar-refractivity contribution >= 4 is 28.2 Å². The van der Waals surface area contributed by atoms with Gasteiger partial charge in [-0.1, -0.05) is 25.8 Å². The van der Waals surface area contributed by atoms with E-state index in [0.717, 1.165) is 85.1 Å². The molecule has 2 aromatic carbocycles. The predicted molar refractivity (Wildman–Crippen MR) is 181 cm³/mol. The number of phenolic OH excluding ortho intramolecular Hbond substituents is 1. The van der Waals surface area contributed by atoms with Crippen LogP contribution in [0.5, 0.6) is 11.8 Å². The lowest BCUT2D eigenvalue weighted by atomic mass is 9.95. The molecule has 258 valence electrons. The third-order valence-corrected chi connectivity index (χ3v) is 10.9. The van der Waals surface area contributed by atoms with Gasteiger partial charge in [-0.2, -0.15) is 9.97 Å². The van der Waals surface area contributed by atoms with Crippen molar-refractivity contribution < 1.29 is 28.2 Å². The zero-order valence-corrected chi connectivity index (χ0v) is 28.1. The normalized spacial score (nSPS) is 24.7. The second-order valence-corrected chi connectivity index (χ2v) is 14.0.